The maximum Gasteiger partial charge on any atom is 0.359 e. The molecule has 7 rings (SSSR count). The molecule has 2 aromatic carbocycles. The van der Waals surface area contributed by atoms with E-state index in [9.17, 15) is 13.2 Å². The molecule has 37 heavy (non-hydrogen) atoms. The number of thiazole rings is 1. The molecule has 3 aliphatic rings. The molecule has 0 aliphatic carbocycles. The van der Waals surface area contributed by atoms with Crippen LogP contribution in [-0.2, 0) is 14.9 Å². The van der Waals surface area contributed by atoms with Crippen molar-refractivity contribution in [1.82, 2.24) is 20.1 Å². The van der Waals surface area contributed by atoms with E-state index in [0.29, 0.717) is 11.6 Å². The molecule has 3 aliphatic heterocycles. The average Bonchev–Trinajstić information content (AvgIpc) is 3.51. The predicted molar refractivity (Wildman–Crippen MR) is 141 cm³/mol. The third-order valence-electron chi connectivity index (χ3n) is 6.80. The summed E-state index contributed by atoms with van der Waals surface area (Å²) in [5, 5.41) is 11.0. The first-order valence-electron chi connectivity index (χ1n) is 12.1. The van der Waals surface area contributed by atoms with E-state index in [1.165, 1.54) is 12.1 Å². The van der Waals surface area contributed by atoms with Crippen molar-refractivity contribution in [2.24, 2.45) is 5.92 Å². The number of piperidine rings is 3. The molecule has 3 saturated heterocycles. The summed E-state index contributed by atoms with van der Waals surface area (Å²) in [7, 11) is -4.02. The first-order chi connectivity index (χ1) is 17.7. The normalized spacial score (nSPS) is 20.9. The quantitative estimate of drug-likeness (QED) is 0.287. The molecule has 2 N–H and O–H groups in total. The van der Waals surface area contributed by atoms with Crippen LogP contribution in [0.25, 0.3) is 21.5 Å². The van der Waals surface area contributed by atoms with Crippen molar-refractivity contribution in [2.45, 2.75) is 37.7 Å². The van der Waals surface area contributed by atoms with Crippen molar-refractivity contribution < 1.29 is 22.5 Å². The monoisotopic (exact) mass is 540 g/mol. The molecule has 0 radical (unpaired) electrons. The summed E-state index contributed by atoms with van der Waals surface area (Å²) < 4.78 is 35.4. The zero-order chi connectivity index (χ0) is 26.2. The summed E-state index contributed by atoms with van der Waals surface area (Å²) in [6, 6.07) is 11.9. The van der Waals surface area contributed by atoms with Crippen LogP contribution in [0.3, 0.4) is 0 Å². The van der Waals surface area contributed by atoms with Gasteiger partial charge in [0.25, 0.3) is 10.1 Å². The first kappa shape index (κ1) is 25.5. The first-order valence-corrected chi connectivity index (χ1v) is 14.4. The second-order valence-corrected chi connectivity index (χ2v) is 11.8. The Kier molecular flexibility index (Phi) is 7.13. The lowest BCUT2D eigenvalue weighted by molar-refractivity contribution is -0.0458. The Balaban J connectivity index is 0.000000215. The van der Waals surface area contributed by atoms with Gasteiger partial charge in [-0.2, -0.15) is 13.5 Å². The van der Waals surface area contributed by atoms with Crippen molar-refractivity contribution >= 4 is 38.3 Å². The molecular weight excluding hydrogens is 512 g/mol. The number of benzene rings is 2. The number of aromatic nitrogens is 3. The third-order valence-corrected chi connectivity index (χ3v) is 8.67. The largest absolute Gasteiger partial charge is 0.456 e. The molecule has 194 valence electrons. The minimum atomic E-state index is -4.02. The second-order valence-electron chi connectivity index (χ2n) is 9.50. The Morgan fingerprint density at radius 3 is 2.46 bits per heavy atom. The van der Waals surface area contributed by atoms with Gasteiger partial charge in [0.05, 0.1) is 10.4 Å². The van der Waals surface area contributed by atoms with Gasteiger partial charge in [-0.15, -0.1) is 11.3 Å². The van der Waals surface area contributed by atoms with Crippen molar-refractivity contribution in [1.29, 1.82) is 0 Å². The number of fused-ring (bicyclic) bond motifs is 4. The van der Waals surface area contributed by atoms with E-state index >= 15 is 0 Å². The van der Waals surface area contributed by atoms with Crippen molar-refractivity contribution in [3.05, 3.63) is 64.8 Å². The van der Waals surface area contributed by atoms with Crippen molar-refractivity contribution in [2.75, 3.05) is 19.6 Å². The fourth-order valence-corrected chi connectivity index (χ4v) is 6.02. The zero-order valence-corrected chi connectivity index (χ0v) is 22.2. The summed E-state index contributed by atoms with van der Waals surface area (Å²) >= 11 is 1.61. The summed E-state index contributed by atoms with van der Waals surface area (Å²) in [4.78, 5) is 19.5. The van der Waals surface area contributed by atoms with E-state index in [1.54, 1.807) is 23.5 Å². The number of aryl methyl sites for hydroxylation is 2. The van der Waals surface area contributed by atoms with Crippen LogP contribution in [0.2, 0.25) is 0 Å². The highest BCUT2D eigenvalue weighted by atomic mass is 32.2. The van der Waals surface area contributed by atoms with Crippen LogP contribution in [0, 0.1) is 19.8 Å². The van der Waals surface area contributed by atoms with Crippen LogP contribution in [0.15, 0.2) is 52.7 Å². The molecule has 3 fully saturated rings. The van der Waals surface area contributed by atoms with E-state index in [4.69, 9.17) is 9.29 Å². The fraction of sp³-hybridized carbons (Fsp3) is 0.346. The van der Waals surface area contributed by atoms with E-state index in [2.05, 4.69) is 20.1 Å². The molecule has 1 atom stereocenters. The Bertz CT molecular complexity index is 1520. The highest BCUT2D eigenvalue weighted by Crippen LogP contribution is 2.31. The number of carbonyl (C=O) groups excluding carboxylic acids is 1. The summed E-state index contributed by atoms with van der Waals surface area (Å²) in [6.45, 7) is 6.93. The summed E-state index contributed by atoms with van der Waals surface area (Å²) in [6.07, 6.45) is 2.24. The number of hydrogen-bond donors (Lipinski definition) is 2. The van der Waals surface area contributed by atoms with Crippen LogP contribution in [0.4, 0.5) is 0 Å². The minimum absolute atomic E-state index is 0.00526. The van der Waals surface area contributed by atoms with Crippen LogP contribution in [-0.4, -0.2) is 64.8 Å². The molecule has 5 heterocycles. The Labute approximate surface area is 219 Å². The van der Waals surface area contributed by atoms with Gasteiger partial charge in [0.15, 0.2) is 5.69 Å². The lowest BCUT2D eigenvalue weighted by Gasteiger charge is -2.43. The number of hydrogen-bond acceptors (Lipinski definition) is 8. The van der Waals surface area contributed by atoms with Crippen LogP contribution in [0.5, 0.6) is 0 Å². The molecule has 0 spiro atoms. The van der Waals surface area contributed by atoms with Gasteiger partial charge in [-0.1, -0.05) is 23.8 Å². The topological polar surface area (TPSA) is 125 Å². The molecule has 9 nitrogen and oxygen atoms in total. The number of carbonyl (C=O) groups is 1. The third kappa shape index (κ3) is 5.74. The van der Waals surface area contributed by atoms with Gasteiger partial charge in [-0.25, -0.2) is 9.78 Å². The average molecular weight is 541 g/mol. The Morgan fingerprint density at radius 2 is 1.86 bits per heavy atom. The van der Waals surface area contributed by atoms with Crippen LogP contribution in [0.1, 0.15) is 34.6 Å². The summed E-state index contributed by atoms with van der Waals surface area (Å²) in [5.41, 5.74) is 4.19. The standard InChI is InChI=1S/C19H20N4O2S.C7H8O3S/c1-11-10-26-18(20-11)13-2-3-14-15(8-13)21-22-17(14)19(24)25-16-9-23-6-4-12(16)5-7-23;1-6-2-4-7(5-3-6)11(8,9)10/h2-3,8,10,12,16H,4-7,9H2,1H3,(H,21,22);2-5H,1H3,(H,8,9,10). The van der Waals surface area contributed by atoms with Gasteiger partial charge in [-0.3, -0.25) is 14.6 Å². The number of esters is 1. The number of nitrogens with zero attached hydrogens (tertiary/aromatic N) is 3. The number of rotatable bonds is 4. The SMILES string of the molecule is Cc1ccc(S(=O)(=O)O)cc1.Cc1csc(-c2ccc3c(C(=O)OC4CN5CCC4CC5)n[nH]c3c2)n1. The van der Waals surface area contributed by atoms with E-state index in [-0.39, 0.29) is 17.0 Å². The van der Waals surface area contributed by atoms with Crippen molar-refractivity contribution in [3.8, 4) is 10.6 Å². The molecular formula is C26H28N4O5S2. The van der Waals surface area contributed by atoms with Crippen molar-refractivity contribution in [3.63, 3.8) is 0 Å². The smallest absolute Gasteiger partial charge is 0.359 e. The zero-order valence-electron chi connectivity index (χ0n) is 20.5. The van der Waals surface area contributed by atoms with Gasteiger partial charge in [0.1, 0.15) is 11.1 Å². The maximum absolute atomic E-state index is 12.7. The van der Waals surface area contributed by atoms with E-state index in [0.717, 1.165) is 65.2 Å². The maximum atomic E-state index is 12.7. The van der Waals surface area contributed by atoms with E-state index < -0.39 is 10.1 Å². The molecule has 4 aromatic rings. The Hall–Kier alpha value is -3.12. The van der Waals surface area contributed by atoms with Gasteiger partial charge < -0.3 is 4.74 Å². The number of ether oxygens (including phenoxy) is 1. The molecule has 2 aromatic heterocycles. The van der Waals surface area contributed by atoms with Crippen LogP contribution >= 0.6 is 11.3 Å². The molecule has 1 unspecified atom stereocenters. The number of aromatic amines is 1. The van der Waals surface area contributed by atoms with Gasteiger partial charge in [-0.05, 0) is 70.0 Å². The van der Waals surface area contributed by atoms with Gasteiger partial charge in [0, 0.05) is 28.6 Å². The summed E-state index contributed by atoms with van der Waals surface area (Å²) in [5.74, 6) is 0.168. The fourth-order valence-electron chi connectivity index (χ4n) is 4.74. The molecule has 0 saturated carbocycles. The Morgan fingerprint density at radius 1 is 1.14 bits per heavy atom. The minimum Gasteiger partial charge on any atom is -0.456 e. The molecule has 2 bridgehead atoms. The predicted octanol–water partition coefficient (Wildman–Crippen LogP) is 4.49. The number of nitrogens with one attached hydrogen (secondary N) is 1. The van der Waals surface area contributed by atoms with Gasteiger partial charge in [0.2, 0.25) is 0 Å². The molecule has 0 amide bonds. The molecule has 11 heteroatoms. The highest BCUT2D eigenvalue weighted by molar-refractivity contribution is 7.85. The van der Waals surface area contributed by atoms with Gasteiger partial charge >= 0.3 is 5.97 Å². The lowest BCUT2D eigenvalue weighted by atomic mass is 9.86. The van der Waals surface area contributed by atoms with E-state index in [1.807, 2.05) is 37.4 Å². The number of H-pyrrole nitrogens is 1. The van der Waals surface area contributed by atoms with Crippen LogP contribution < -0.4 is 0 Å². The lowest BCUT2D eigenvalue weighted by Crippen LogP contribution is -2.51. The highest BCUT2D eigenvalue weighted by Gasteiger charge is 2.37. The second kappa shape index (κ2) is 10.3.